The highest BCUT2D eigenvalue weighted by Gasteiger charge is 2.56. The number of carbonyl (C=O) groups excluding carboxylic acids is 2. The minimum absolute atomic E-state index is 0.0741. The Morgan fingerprint density at radius 2 is 2.00 bits per heavy atom. The summed E-state index contributed by atoms with van der Waals surface area (Å²) < 4.78 is 44.3. The molecule has 0 saturated carbocycles. The Labute approximate surface area is 152 Å². The van der Waals surface area contributed by atoms with Gasteiger partial charge < -0.3 is 15.2 Å². The van der Waals surface area contributed by atoms with Gasteiger partial charge in [-0.3, -0.25) is 14.6 Å². The predicted octanol–water partition coefficient (Wildman–Crippen LogP) is 2.77. The molecule has 6 nitrogen and oxygen atoms in total. The Kier molecular flexibility index (Phi) is 4.43. The summed E-state index contributed by atoms with van der Waals surface area (Å²) in [6.45, 7) is 1.86. The van der Waals surface area contributed by atoms with Gasteiger partial charge in [-0.25, -0.2) is 0 Å². The fourth-order valence-electron chi connectivity index (χ4n) is 2.61. The number of rotatable bonds is 2. The van der Waals surface area contributed by atoms with Crippen molar-refractivity contribution in [3.05, 3.63) is 52.8 Å². The maximum atomic E-state index is 12.9. The average molecular weight is 380 g/mol. The number of nitrogens with zero attached hydrogens (tertiary/aromatic N) is 1. The van der Waals surface area contributed by atoms with Crippen LogP contribution in [0.15, 0.2) is 30.5 Å². The molecule has 27 heavy (non-hydrogen) atoms. The fraction of sp³-hybridized carbons (Fsp3) is 0.278. The number of amides is 1. The number of nitrogens with one attached hydrogen (secondary N) is 1. The molecule has 0 spiro atoms. The minimum atomic E-state index is -5.17. The van der Waals surface area contributed by atoms with Crippen molar-refractivity contribution < 1.29 is 32.6 Å². The third-order valence-corrected chi connectivity index (χ3v) is 4.21. The zero-order valence-electron chi connectivity index (χ0n) is 14.3. The van der Waals surface area contributed by atoms with E-state index in [0.29, 0.717) is 23.7 Å². The van der Waals surface area contributed by atoms with Gasteiger partial charge in [0.25, 0.3) is 5.91 Å². The zero-order valence-corrected chi connectivity index (χ0v) is 14.3. The van der Waals surface area contributed by atoms with E-state index in [1.807, 2.05) is 5.32 Å². The average Bonchev–Trinajstić information content (AvgIpc) is 2.72. The van der Waals surface area contributed by atoms with E-state index < -0.39 is 23.5 Å². The Balaban J connectivity index is 2.05. The van der Waals surface area contributed by atoms with Gasteiger partial charge in [0, 0.05) is 11.8 Å². The molecule has 1 aromatic heterocycles. The van der Waals surface area contributed by atoms with Gasteiger partial charge in [-0.15, -0.1) is 0 Å². The van der Waals surface area contributed by atoms with Crippen molar-refractivity contribution in [1.29, 1.82) is 0 Å². The molecule has 2 N–H and O–H groups in total. The Hall–Kier alpha value is -2.94. The number of fused-ring (bicyclic) bond motifs is 2. The molecule has 2 heterocycles. The first kappa shape index (κ1) is 18.8. The SMILES string of the molecule is Cc1cc(NC(=O)C(C)(O)C(F)(F)F)c2c(c1)C(=O)c1cccnc1CO2. The van der Waals surface area contributed by atoms with Gasteiger partial charge in [0.15, 0.2) is 11.5 Å². The molecule has 9 heteroatoms. The van der Waals surface area contributed by atoms with Gasteiger partial charge in [-0.05, 0) is 43.7 Å². The molecule has 1 atom stereocenters. The van der Waals surface area contributed by atoms with Gasteiger partial charge in [-0.2, -0.15) is 13.2 Å². The maximum Gasteiger partial charge on any atom is 0.426 e. The van der Waals surface area contributed by atoms with E-state index in [9.17, 15) is 27.9 Å². The largest absolute Gasteiger partial charge is 0.484 e. The van der Waals surface area contributed by atoms with E-state index in [1.165, 1.54) is 18.3 Å². The maximum absolute atomic E-state index is 12.9. The van der Waals surface area contributed by atoms with E-state index in [1.54, 1.807) is 19.1 Å². The summed E-state index contributed by atoms with van der Waals surface area (Å²) in [5, 5.41) is 11.6. The second-order valence-corrected chi connectivity index (χ2v) is 6.33. The second kappa shape index (κ2) is 6.34. The number of benzene rings is 1. The van der Waals surface area contributed by atoms with E-state index in [0.717, 1.165) is 0 Å². The topological polar surface area (TPSA) is 88.5 Å². The number of pyridine rings is 1. The first-order chi connectivity index (χ1) is 12.5. The molecule has 0 fully saturated rings. The first-order valence-corrected chi connectivity index (χ1v) is 7.89. The molecule has 3 rings (SSSR count). The lowest BCUT2D eigenvalue weighted by atomic mass is 9.99. The van der Waals surface area contributed by atoms with Crippen molar-refractivity contribution in [2.45, 2.75) is 32.2 Å². The number of aliphatic hydroxyl groups is 1. The number of ether oxygens (including phenoxy) is 1. The van der Waals surface area contributed by atoms with Crippen LogP contribution in [0.25, 0.3) is 0 Å². The highest BCUT2D eigenvalue weighted by molar-refractivity contribution is 6.13. The third-order valence-electron chi connectivity index (χ3n) is 4.21. The van der Waals surface area contributed by atoms with Crippen LogP contribution >= 0.6 is 0 Å². The van der Waals surface area contributed by atoms with Gasteiger partial charge in [0.1, 0.15) is 6.61 Å². The van der Waals surface area contributed by atoms with Crippen molar-refractivity contribution in [2.24, 2.45) is 0 Å². The summed E-state index contributed by atoms with van der Waals surface area (Å²) in [5.41, 5.74) is -2.47. The van der Waals surface area contributed by atoms with Gasteiger partial charge in [0.05, 0.1) is 16.9 Å². The molecular weight excluding hydrogens is 365 g/mol. The lowest BCUT2D eigenvalue weighted by Crippen LogP contribution is -2.52. The molecule has 1 aliphatic heterocycles. The van der Waals surface area contributed by atoms with Gasteiger partial charge in [-0.1, -0.05) is 0 Å². The fourth-order valence-corrected chi connectivity index (χ4v) is 2.61. The lowest BCUT2D eigenvalue weighted by molar-refractivity contribution is -0.242. The van der Waals surface area contributed by atoms with Gasteiger partial charge >= 0.3 is 6.18 Å². The summed E-state index contributed by atoms with van der Waals surface area (Å²) in [4.78, 5) is 28.9. The smallest absolute Gasteiger partial charge is 0.426 e. The van der Waals surface area contributed by atoms with Crippen molar-refractivity contribution in [3.8, 4) is 5.75 Å². The Bertz CT molecular complexity index is 939. The molecule has 0 bridgehead atoms. The Morgan fingerprint density at radius 3 is 2.67 bits per heavy atom. The van der Waals surface area contributed by atoms with Crippen LogP contribution in [0.4, 0.5) is 18.9 Å². The zero-order chi connectivity index (χ0) is 20.0. The molecule has 2 aromatic rings. The highest BCUT2D eigenvalue weighted by Crippen LogP contribution is 2.37. The van der Waals surface area contributed by atoms with Crippen molar-refractivity contribution in [1.82, 2.24) is 4.98 Å². The third kappa shape index (κ3) is 3.25. The molecule has 0 saturated heterocycles. The van der Waals surface area contributed by atoms with E-state index >= 15 is 0 Å². The predicted molar refractivity (Wildman–Crippen MR) is 88.5 cm³/mol. The van der Waals surface area contributed by atoms with Crippen LogP contribution in [0, 0.1) is 6.92 Å². The summed E-state index contributed by atoms with van der Waals surface area (Å²) in [6, 6.07) is 6.02. The van der Waals surface area contributed by atoms with Crippen molar-refractivity contribution >= 4 is 17.4 Å². The summed E-state index contributed by atoms with van der Waals surface area (Å²) in [5.74, 6) is -2.18. The number of ketones is 1. The normalized spacial score (nSPS) is 15.7. The van der Waals surface area contributed by atoms with Crippen LogP contribution in [-0.4, -0.2) is 33.6 Å². The van der Waals surface area contributed by atoms with E-state index in [-0.39, 0.29) is 23.6 Å². The molecule has 1 aromatic carbocycles. The summed E-state index contributed by atoms with van der Waals surface area (Å²) >= 11 is 0. The molecule has 1 amide bonds. The highest BCUT2D eigenvalue weighted by atomic mass is 19.4. The number of carbonyl (C=O) groups is 2. The standard InChI is InChI=1S/C18H15F3N2O4/c1-9-6-11-14(24)10-4-3-5-22-13(10)8-27-15(11)12(7-9)23-16(25)17(2,26)18(19,20)21/h3-7,26H,8H2,1-2H3,(H,23,25). The number of halogens is 3. The molecular formula is C18H15F3N2O4. The Morgan fingerprint density at radius 1 is 1.30 bits per heavy atom. The monoisotopic (exact) mass is 380 g/mol. The first-order valence-electron chi connectivity index (χ1n) is 7.89. The van der Waals surface area contributed by atoms with Crippen molar-refractivity contribution in [3.63, 3.8) is 0 Å². The van der Waals surface area contributed by atoms with Crippen molar-refractivity contribution in [2.75, 3.05) is 5.32 Å². The number of anilines is 1. The number of aromatic nitrogens is 1. The second-order valence-electron chi connectivity index (χ2n) is 6.33. The number of hydrogen-bond donors (Lipinski definition) is 2. The molecule has 142 valence electrons. The molecule has 0 aliphatic carbocycles. The molecule has 1 aliphatic rings. The van der Waals surface area contributed by atoms with Crippen LogP contribution in [0.1, 0.15) is 34.1 Å². The molecule has 1 unspecified atom stereocenters. The van der Waals surface area contributed by atoms with E-state index in [4.69, 9.17) is 4.74 Å². The van der Waals surface area contributed by atoms with Crippen LogP contribution in [0.3, 0.4) is 0 Å². The summed E-state index contributed by atoms with van der Waals surface area (Å²) in [6.07, 6.45) is -3.69. The lowest BCUT2D eigenvalue weighted by Gasteiger charge is -2.25. The summed E-state index contributed by atoms with van der Waals surface area (Å²) in [7, 11) is 0. The minimum Gasteiger partial charge on any atom is -0.484 e. The van der Waals surface area contributed by atoms with E-state index in [2.05, 4.69) is 4.98 Å². The van der Waals surface area contributed by atoms with Crippen LogP contribution in [0.2, 0.25) is 0 Å². The number of hydrogen-bond acceptors (Lipinski definition) is 5. The molecule has 0 radical (unpaired) electrons. The van der Waals surface area contributed by atoms with Gasteiger partial charge in [0.2, 0.25) is 5.60 Å². The van der Waals surface area contributed by atoms with Crippen LogP contribution in [-0.2, 0) is 11.4 Å². The van der Waals surface area contributed by atoms with Crippen LogP contribution in [0.5, 0.6) is 5.75 Å². The number of alkyl halides is 3. The van der Waals surface area contributed by atoms with Crippen LogP contribution < -0.4 is 10.1 Å². The quantitative estimate of drug-likeness (QED) is 0.837. The number of aryl methyl sites for hydroxylation is 1.